The molecule has 16 heavy (non-hydrogen) atoms. The Morgan fingerprint density at radius 1 is 1.31 bits per heavy atom. The molecule has 6 heteroatoms. The first-order valence-electron chi connectivity index (χ1n) is 5.05. The molecule has 0 rings (SSSR count). The maximum absolute atomic E-state index is 12.3. The van der Waals surface area contributed by atoms with Gasteiger partial charge in [0.15, 0.2) is 0 Å². The van der Waals surface area contributed by atoms with Crippen LogP contribution in [0.4, 0.5) is 13.2 Å². The number of hydrogen-bond donors (Lipinski definition) is 1. The Kier molecular flexibility index (Phi) is 5.25. The molecule has 0 heterocycles. The highest BCUT2D eigenvalue weighted by molar-refractivity contribution is 5.69. The molecule has 1 atom stereocenters. The molecular formula is C10H18F3NO2. The Labute approximate surface area is 93.1 Å². The standard InChI is InChI=1S/C10H18F3NO2/c1-9(2,3)16-8(15)5-4-7(6-14)10(11,12)13/h7H,4-6,14H2,1-3H3. The minimum absolute atomic E-state index is 0.265. The molecule has 0 aliphatic carbocycles. The number of hydrogen-bond acceptors (Lipinski definition) is 3. The number of carbonyl (C=O) groups excluding carboxylic acids is 1. The fourth-order valence-corrected chi connectivity index (χ4v) is 1.10. The molecule has 0 saturated carbocycles. The van der Waals surface area contributed by atoms with Crippen LogP contribution in [0, 0.1) is 5.92 Å². The Bertz CT molecular complexity index is 233. The molecule has 0 aromatic rings. The number of carbonyl (C=O) groups is 1. The summed E-state index contributed by atoms with van der Waals surface area (Å²) >= 11 is 0. The fraction of sp³-hybridized carbons (Fsp3) is 0.900. The molecule has 0 amide bonds. The third kappa shape index (κ3) is 6.66. The molecule has 1 unspecified atom stereocenters. The van der Waals surface area contributed by atoms with E-state index in [9.17, 15) is 18.0 Å². The number of rotatable bonds is 4. The summed E-state index contributed by atoms with van der Waals surface area (Å²) in [4.78, 5) is 11.2. The van der Waals surface area contributed by atoms with Crippen molar-refractivity contribution >= 4 is 5.97 Å². The lowest BCUT2D eigenvalue weighted by molar-refractivity contribution is -0.176. The van der Waals surface area contributed by atoms with Gasteiger partial charge in [-0.2, -0.15) is 13.2 Å². The van der Waals surface area contributed by atoms with E-state index in [0.29, 0.717) is 0 Å². The number of alkyl halides is 3. The zero-order valence-electron chi connectivity index (χ0n) is 9.73. The van der Waals surface area contributed by atoms with E-state index in [-0.39, 0.29) is 12.8 Å². The molecular weight excluding hydrogens is 223 g/mol. The van der Waals surface area contributed by atoms with Crippen LogP contribution in [0.1, 0.15) is 33.6 Å². The van der Waals surface area contributed by atoms with E-state index in [1.807, 2.05) is 0 Å². The van der Waals surface area contributed by atoms with Crippen LogP contribution >= 0.6 is 0 Å². The normalized spacial score (nSPS) is 14.7. The van der Waals surface area contributed by atoms with Crippen molar-refractivity contribution < 1.29 is 22.7 Å². The molecule has 0 aromatic heterocycles. The molecule has 3 nitrogen and oxygen atoms in total. The van der Waals surface area contributed by atoms with Gasteiger partial charge in [0.05, 0.1) is 5.92 Å². The maximum Gasteiger partial charge on any atom is 0.393 e. The number of halogens is 3. The van der Waals surface area contributed by atoms with Crippen molar-refractivity contribution in [1.29, 1.82) is 0 Å². The maximum atomic E-state index is 12.3. The fourth-order valence-electron chi connectivity index (χ4n) is 1.10. The zero-order chi connectivity index (χ0) is 13.0. The third-order valence-corrected chi connectivity index (χ3v) is 1.86. The van der Waals surface area contributed by atoms with E-state index in [1.165, 1.54) is 0 Å². The average molecular weight is 241 g/mol. The summed E-state index contributed by atoms with van der Waals surface area (Å²) in [6, 6.07) is 0. The van der Waals surface area contributed by atoms with E-state index >= 15 is 0 Å². The van der Waals surface area contributed by atoms with Crippen LogP contribution in [-0.4, -0.2) is 24.3 Å². The molecule has 0 aromatic carbocycles. The highest BCUT2D eigenvalue weighted by atomic mass is 19.4. The van der Waals surface area contributed by atoms with Crippen molar-refractivity contribution in [2.24, 2.45) is 11.7 Å². The smallest absolute Gasteiger partial charge is 0.393 e. The minimum atomic E-state index is -4.35. The van der Waals surface area contributed by atoms with Gasteiger partial charge in [-0.1, -0.05) is 0 Å². The minimum Gasteiger partial charge on any atom is -0.460 e. The second kappa shape index (κ2) is 5.52. The quantitative estimate of drug-likeness (QED) is 0.768. The largest absolute Gasteiger partial charge is 0.460 e. The van der Waals surface area contributed by atoms with Crippen molar-refractivity contribution in [3.05, 3.63) is 0 Å². The second-order valence-corrected chi connectivity index (χ2v) is 4.60. The van der Waals surface area contributed by atoms with Crippen LogP contribution in [0.25, 0.3) is 0 Å². The van der Waals surface area contributed by atoms with Crippen LogP contribution in [0.2, 0.25) is 0 Å². The lowest BCUT2D eigenvalue weighted by Gasteiger charge is -2.21. The van der Waals surface area contributed by atoms with Crippen LogP contribution < -0.4 is 5.73 Å². The van der Waals surface area contributed by atoms with Gasteiger partial charge in [-0.3, -0.25) is 4.79 Å². The summed E-state index contributed by atoms with van der Waals surface area (Å²) in [5.41, 5.74) is 4.33. The molecule has 0 fully saturated rings. The van der Waals surface area contributed by atoms with E-state index in [2.05, 4.69) is 0 Å². The van der Waals surface area contributed by atoms with E-state index in [1.54, 1.807) is 20.8 Å². The zero-order valence-corrected chi connectivity index (χ0v) is 9.73. The van der Waals surface area contributed by atoms with Gasteiger partial charge in [0.25, 0.3) is 0 Å². The van der Waals surface area contributed by atoms with Crippen LogP contribution in [-0.2, 0) is 9.53 Å². The molecule has 0 saturated heterocycles. The Morgan fingerprint density at radius 2 is 1.81 bits per heavy atom. The molecule has 0 aliphatic rings. The van der Waals surface area contributed by atoms with E-state index in [0.717, 1.165) is 0 Å². The van der Waals surface area contributed by atoms with Crippen molar-refractivity contribution in [2.45, 2.75) is 45.4 Å². The van der Waals surface area contributed by atoms with Gasteiger partial charge < -0.3 is 10.5 Å². The summed E-state index contributed by atoms with van der Waals surface area (Å²) < 4.78 is 41.7. The summed E-state index contributed by atoms with van der Waals surface area (Å²) in [6.07, 6.45) is -4.94. The van der Waals surface area contributed by atoms with Gasteiger partial charge in [-0.05, 0) is 27.2 Å². The van der Waals surface area contributed by atoms with Gasteiger partial charge in [-0.25, -0.2) is 0 Å². The van der Waals surface area contributed by atoms with E-state index in [4.69, 9.17) is 10.5 Å². The Morgan fingerprint density at radius 3 is 2.12 bits per heavy atom. The predicted molar refractivity (Wildman–Crippen MR) is 53.7 cm³/mol. The summed E-state index contributed by atoms with van der Waals surface area (Å²) in [5, 5.41) is 0. The Balaban J connectivity index is 4.09. The number of ether oxygens (including phenoxy) is 1. The second-order valence-electron chi connectivity index (χ2n) is 4.60. The molecule has 2 N–H and O–H groups in total. The first-order valence-corrected chi connectivity index (χ1v) is 5.05. The molecule has 0 radical (unpaired) electrons. The van der Waals surface area contributed by atoms with Crippen LogP contribution in [0.3, 0.4) is 0 Å². The summed E-state index contributed by atoms with van der Waals surface area (Å²) in [7, 11) is 0. The first-order chi connectivity index (χ1) is 7.06. The molecule has 96 valence electrons. The average Bonchev–Trinajstić information content (AvgIpc) is 1.98. The predicted octanol–water partition coefficient (Wildman–Crippen LogP) is 2.25. The van der Waals surface area contributed by atoms with Crippen molar-refractivity contribution in [3.8, 4) is 0 Å². The monoisotopic (exact) mass is 241 g/mol. The topological polar surface area (TPSA) is 52.3 Å². The molecule has 0 spiro atoms. The number of esters is 1. The van der Waals surface area contributed by atoms with E-state index < -0.39 is 30.2 Å². The first kappa shape index (κ1) is 15.2. The van der Waals surface area contributed by atoms with Crippen LogP contribution in [0.5, 0.6) is 0 Å². The number of nitrogens with two attached hydrogens (primary N) is 1. The van der Waals surface area contributed by atoms with Gasteiger partial charge in [-0.15, -0.1) is 0 Å². The highest BCUT2D eigenvalue weighted by Gasteiger charge is 2.38. The van der Waals surface area contributed by atoms with Gasteiger partial charge in [0.2, 0.25) is 0 Å². The van der Waals surface area contributed by atoms with Crippen LogP contribution in [0.15, 0.2) is 0 Å². The SMILES string of the molecule is CC(C)(C)OC(=O)CCC(CN)C(F)(F)F. The molecule has 0 bridgehead atoms. The Hall–Kier alpha value is -0.780. The lowest BCUT2D eigenvalue weighted by Crippen LogP contribution is -2.31. The summed E-state index contributed by atoms with van der Waals surface area (Å²) in [6.45, 7) is 4.48. The van der Waals surface area contributed by atoms with Gasteiger partial charge >= 0.3 is 12.1 Å². The lowest BCUT2D eigenvalue weighted by atomic mass is 10.0. The van der Waals surface area contributed by atoms with Crippen molar-refractivity contribution in [2.75, 3.05) is 6.54 Å². The van der Waals surface area contributed by atoms with Gasteiger partial charge in [0.1, 0.15) is 5.60 Å². The van der Waals surface area contributed by atoms with Gasteiger partial charge in [0, 0.05) is 13.0 Å². The summed E-state index contributed by atoms with van der Waals surface area (Å²) in [5.74, 6) is -2.27. The molecule has 0 aliphatic heterocycles. The van der Waals surface area contributed by atoms with Crippen molar-refractivity contribution in [1.82, 2.24) is 0 Å². The third-order valence-electron chi connectivity index (χ3n) is 1.86. The van der Waals surface area contributed by atoms with Crippen molar-refractivity contribution in [3.63, 3.8) is 0 Å². The highest BCUT2D eigenvalue weighted by Crippen LogP contribution is 2.29.